The van der Waals surface area contributed by atoms with Gasteiger partial charge in [0, 0.05) is 43.3 Å². The van der Waals surface area contributed by atoms with Crippen LogP contribution in [0, 0.1) is 6.92 Å². The van der Waals surface area contributed by atoms with Crippen LogP contribution in [0.4, 0.5) is 5.69 Å². The molecule has 23 heavy (non-hydrogen) atoms. The molecule has 1 rings (SSSR count). The lowest BCUT2D eigenvalue weighted by Gasteiger charge is -2.17. The van der Waals surface area contributed by atoms with Gasteiger partial charge in [0.2, 0.25) is 5.91 Å². The molecule has 0 radical (unpaired) electrons. The molecule has 1 unspecified atom stereocenters. The van der Waals surface area contributed by atoms with Gasteiger partial charge in [-0.15, -0.1) is 0 Å². The van der Waals surface area contributed by atoms with Crippen LogP contribution in [0.1, 0.15) is 18.9 Å². The molecule has 7 heteroatoms. The van der Waals surface area contributed by atoms with Crippen molar-refractivity contribution in [2.45, 2.75) is 26.3 Å². The van der Waals surface area contributed by atoms with Gasteiger partial charge in [-0.2, -0.15) is 0 Å². The molecule has 6 nitrogen and oxygen atoms in total. The first kappa shape index (κ1) is 19.4. The second kappa shape index (κ2) is 10.2. The molecule has 0 bridgehead atoms. The van der Waals surface area contributed by atoms with Crippen LogP contribution < -0.4 is 16.0 Å². The Bertz CT molecular complexity index is 549. The first-order valence-electron chi connectivity index (χ1n) is 7.48. The number of carbonyl (C=O) groups is 1. The minimum absolute atomic E-state index is 0.0386. The van der Waals surface area contributed by atoms with Crippen LogP contribution in [0.3, 0.4) is 0 Å². The number of anilines is 1. The van der Waals surface area contributed by atoms with E-state index in [2.05, 4.69) is 36.9 Å². The van der Waals surface area contributed by atoms with Gasteiger partial charge in [-0.25, -0.2) is 0 Å². The summed E-state index contributed by atoms with van der Waals surface area (Å²) >= 11 is 3.41. The summed E-state index contributed by atoms with van der Waals surface area (Å²) in [5, 5.41) is 9.21. The Labute approximate surface area is 146 Å². The van der Waals surface area contributed by atoms with Gasteiger partial charge in [0.05, 0.1) is 6.61 Å². The quantitative estimate of drug-likeness (QED) is 0.497. The second-order valence-corrected chi connectivity index (χ2v) is 6.17. The van der Waals surface area contributed by atoms with Gasteiger partial charge in [-0.1, -0.05) is 15.9 Å². The summed E-state index contributed by atoms with van der Waals surface area (Å²) in [6.07, 6.45) is 0.356. The Morgan fingerprint density at radius 2 is 2.17 bits per heavy atom. The fourth-order valence-corrected chi connectivity index (χ4v) is 2.47. The van der Waals surface area contributed by atoms with E-state index >= 15 is 0 Å². The summed E-state index contributed by atoms with van der Waals surface area (Å²) in [6, 6.07) is 5.91. The van der Waals surface area contributed by atoms with E-state index in [9.17, 15) is 4.79 Å². The molecule has 128 valence electrons. The minimum atomic E-state index is -0.0386. The van der Waals surface area contributed by atoms with Crippen LogP contribution in [0.15, 0.2) is 27.7 Å². The third-order valence-corrected chi connectivity index (χ3v) is 3.62. The van der Waals surface area contributed by atoms with E-state index in [0.29, 0.717) is 25.5 Å². The van der Waals surface area contributed by atoms with Crippen molar-refractivity contribution in [3.8, 4) is 0 Å². The first-order chi connectivity index (χ1) is 11.0. The molecule has 0 aliphatic heterocycles. The number of amides is 1. The van der Waals surface area contributed by atoms with E-state index in [-0.39, 0.29) is 11.9 Å². The zero-order chi connectivity index (χ0) is 17.2. The number of guanidine groups is 1. The van der Waals surface area contributed by atoms with Gasteiger partial charge < -0.3 is 20.7 Å². The maximum atomic E-state index is 12.0. The van der Waals surface area contributed by atoms with Crippen molar-refractivity contribution < 1.29 is 9.53 Å². The number of hydrogen-bond acceptors (Lipinski definition) is 3. The fourth-order valence-electron chi connectivity index (χ4n) is 1.99. The maximum absolute atomic E-state index is 12.0. The molecule has 0 spiro atoms. The third-order valence-electron chi connectivity index (χ3n) is 3.13. The van der Waals surface area contributed by atoms with Crippen molar-refractivity contribution in [3.63, 3.8) is 0 Å². The van der Waals surface area contributed by atoms with Gasteiger partial charge in [-0.05, 0) is 37.6 Å². The van der Waals surface area contributed by atoms with E-state index in [0.717, 1.165) is 15.7 Å². The topological polar surface area (TPSA) is 74.8 Å². The molecule has 1 aromatic carbocycles. The van der Waals surface area contributed by atoms with Crippen molar-refractivity contribution in [1.82, 2.24) is 10.6 Å². The van der Waals surface area contributed by atoms with E-state index in [4.69, 9.17) is 4.74 Å². The van der Waals surface area contributed by atoms with Crippen molar-refractivity contribution >= 4 is 33.5 Å². The van der Waals surface area contributed by atoms with Crippen LogP contribution in [-0.2, 0) is 9.53 Å². The van der Waals surface area contributed by atoms with Gasteiger partial charge in [-0.3, -0.25) is 9.79 Å². The van der Waals surface area contributed by atoms with Gasteiger partial charge >= 0.3 is 0 Å². The number of benzene rings is 1. The first-order valence-corrected chi connectivity index (χ1v) is 8.27. The van der Waals surface area contributed by atoms with Crippen molar-refractivity contribution in [1.29, 1.82) is 0 Å². The highest BCUT2D eigenvalue weighted by Crippen LogP contribution is 2.19. The number of aliphatic imine (C=N–C) groups is 1. The lowest BCUT2D eigenvalue weighted by Crippen LogP contribution is -2.44. The van der Waals surface area contributed by atoms with Crippen LogP contribution in [0.5, 0.6) is 0 Å². The van der Waals surface area contributed by atoms with Gasteiger partial charge in [0.15, 0.2) is 5.96 Å². The number of aryl methyl sites for hydroxylation is 1. The molecule has 0 fully saturated rings. The van der Waals surface area contributed by atoms with Crippen LogP contribution in [0.25, 0.3) is 0 Å². The highest BCUT2D eigenvalue weighted by atomic mass is 79.9. The van der Waals surface area contributed by atoms with E-state index in [1.165, 1.54) is 0 Å². The lowest BCUT2D eigenvalue weighted by molar-refractivity contribution is -0.116. The number of ether oxygens (including phenoxy) is 1. The molecule has 3 N–H and O–H groups in total. The summed E-state index contributed by atoms with van der Waals surface area (Å²) in [4.78, 5) is 16.1. The molecule has 0 heterocycles. The van der Waals surface area contributed by atoms with Crippen LogP contribution in [-0.4, -0.2) is 45.2 Å². The molecule has 0 saturated carbocycles. The summed E-state index contributed by atoms with van der Waals surface area (Å²) in [5.74, 6) is 0.616. The highest BCUT2D eigenvalue weighted by Gasteiger charge is 2.07. The van der Waals surface area contributed by atoms with E-state index in [1.54, 1.807) is 14.2 Å². The SMILES string of the molecule is CN=C(NCCC(=O)Nc1ccc(Br)cc1C)NC(C)COC. The van der Waals surface area contributed by atoms with Crippen LogP contribution in [0.2, 0.25) is 0 Å². The minimum Gasteiger partial charge on any atom is -0.383 e. The summed E-state index contributed by atoms with van der Waals surface area (Å²) in [7, 11) is 3.35. The molecule has 1 atom stereocenters. The number of hydrogen-bond donors (Lipinski definition) is 3. The lowest BCUT2D eigenvalue weighted by atomic mass is 10.2. The normalized spacial score (nSPS) is 12.7. The van der Waals surface area contributed by atoms with Crippen molar-refractivity contribution in [2.24, 2.45) is 4.99 Å². The molecule has 0 aliphatic carbocycles. The standard InChI is InChI=1S/C16H25BrN4O2/c1-11-9-13(17)5-6-14(11)21-15(22)7-8-19-16(18-3)20-12(2)10-23-4/h5-6,9,12H,7-8,10H2,1-4H3,(H,21,22)(H2,18,19,20). The summed E-state index contributed by atoms with van der Waals surface area (Å²) in [6.45, 7) is 5.05. The van der Waals surface area contributed by atoms with Gasteiger partial charge in [0.1, 0.15) is 0 Å². The Kier molecular flexibility index (Phi) is 8.65. The number of rotatable bonds is 7. The van der Waals surface area contributed by atoms with E-state index < -0.39 is 0 Å². The predicted octanol–water partition coefficient (Wildman–Crippen LogP) is 2.29. The van der Waals surface area contributed by atoms with Crippen LogP contribution >= 0.6 is 15.9 Å². The Hall–Kier alpha value is -1.60. The number of halogens is 1. The zero-order valence-electron chi connectivity index (χ0n) is 14.1. The molecule has 1 aromatic rings. The molecule has 0 aliphatic rings. The van der Waals surface area contributed by atoms with E-state index in [1.807, 2.05) is 32.0 Å². The average molecular weight is 385 g/mol. The molecule has 1 amide bonds. The number of nitrogens with zero attached hydrogens (tertiary/aromatic N) is 1. The highest BCUT2D eigenvalue weighted by molar-refractivity contribution is 9.10. The Morgan fingerprint density at radius 3 is 2.78 bits per heavy atom. The summed E-state index contributed by atoms with van der Waals surface area (Å²) < 4.78 is 6.06. The second-order valence-electron chi connectivity index (χ2n) is 5.26. The van der Waals surface area contributed by atoms with Crippen molar-refractivity contribution in [2.75, 3.05) is 32.6 Å². The number of methoxy groups -OCH3 is 1. The molecule has 0 saturated heterocycles. The Balaban J connectivity index is 2.38. The third kappa shape index (κ3) is 7.47. The fraction of sp³-hybridized carbons (Fsp3) is 0.500. The molecular formula is C16H25BrN4O2. The Morgan fingerprint density at radius 1 is 1.43 bits per heavy atom. The monoisotopic (exact) mass is 384 g/mol. The molecule has 0 aromatic heterocycles. The number of nitrogens with one attached hydrogen (secondary N) is 3. The zero-order valence-corrected chi connectivity index (χ0v) is 15.7. The smallest absolute Gasteiger partial charge is 0.226 e. The molecular weight excluding hydrogens is 360 g/mol. The predicted molar refractivity (Wildman–Crippen MR) is 98.0 cm³/mol. The average Bonchev–Trinajstić information content (AvgIpc) is 2.49. The number of carbonyl (C=O) groups excluding carboxylic acids is 1. The van der Waals surface area contributed by atoms with Gasteiger partial charge in [0.25, 0.3) is 0 Å². The van der Waals surface area contributed by atoms with Crippen molar-refractivity contribution in [3.05, 3.63) is 28.2 Å². The summed E-state index contributed by atoms with van der Waals surface area (Å²) in [5.41, 5.74) is 1.85. The maximum Gasteiger partial charge on any atom is 0.226 e. The largest absolute Gasteiger partial charge is 0.383 e.